The molecule has 5 nitrogen and oxygen atoms in total. The van der Waals surface area contributed by atoms with Gasteiger partial charge in [0.15, 0.2) is 13.1 Å². The van der Waals surface area contributed by atoms with Crippen molar-refractivity contribution in [2.24, 2.45) is 0 Å². The molecule has 25 heavy (non-hydrogen) atoms. The van der Waals surface area contributed by atoms with E-state index < -0.39 is 0 Å². The van der Waals surface area contributed by atoms with E-state index in [2.05, 4.69) is 5.32 Å². The number of nitrogens with one attached hydrogen (secondary N) is 2. The Bertz CT molecular complexity index is 737. The summed E-state index contributed by atoms with van der Waals surface area (Å²) in [6.07, 6.45) is 0. The van der Waals surface area contributed by atoms with Crippen molar-refractivity contribution in [2.45, 2.75) is 6.54 Å². The highest BCUT2D eigenvalue weighted by atomic mass is 35.5. The van der Waals surface area contributed by atoms with Crippen molar-refractivity contribution in [3.8, 4) is 0 Å². The number of rotatable bonds is 7. The fourth-order valence-electron chi connectivity index (χ4n) is 2.25. The molecule has 0 bridgehead atoms. The topological polar surface area (TPSA) is 53.9 Å². The van der Waals surface area contributed by atoms with Gasteiger partial charge in [-0.1, -0.05) is 23.2 Å². The Morgan fingerprint density at radius 3 is 2.60 bits per heavy atom. The average molecular weight is 401 g/mol. The number of quaternary nitrogens is 1. The van der Waals surface area contributed by atoms with Crippen molar-refractivity contribution in [3.63, 3.8) is 0 Å². The Balaban J connectivity index is 1.80. The monoisotopic (exact) mass is 400 g/mol. The molecule has 0 fully saturated rings. The summed E-state index contributed by atoms with van der Waals surface area (Å²) in [7, 11) is 3.58. The van der Waals surface area contributed by atoms with Crippen LogP contribution in [0.15, 0.2) is 35.0 Å². The molecule has 2 N–H and O–H groups in total. The summed E-state index contributed by atoms with van der Waals surface area (Å²) in [6, 6.07) is 6.90. The summed E-state index contributed by atoms with van der Waals surface area (Å²) in [5, 5.41) is 7.57. The molecule has 8 heteroatoms. The zero-order valence-electron chi connectivity index (χ0n) is 14.0. The Labute approximate surface area is 161 Å². The summed E-state index contributed by atoms with van der Waals surface area (Å²) >= 11 is 13.4. The molecule has 1 aromatic heterocycles. The molecule has 134 valence electrons. The molecule has 2 aromatic rings. The third-order valence-electron chi connectivity index (χ3n) is 3.54. The van der Waals surface area contributed by atoms with E-state index in [1.165, 1.54) is 0 Å². The molecule has 2 amide bonds. The minimum absolute atomic E-state index is 0.00830. The standard InChI is InChI=1S/C17H19Cl2N3O2S/c1-21(10-17(24)22(2)8-12-5-6-25-11-12)9-16(23)20-13-3-4-14(18)15(19)7-13/h3-7,11H,8-10H2,1-2H3,(H,20,23)/p+1. The van der Waals surface area contributed by atoms with E-state index in [-0.39, 0.29) is 24.9 Å². The Morgan fingerprint density at radius 1 is 1.20 bits per heavy atom. The van der Waals surface area contributed by atoms with Crippen LogP contribution in [0.3, 0.4) is 0 Å². The van der Waals surface area contributed by atoms with Crippen molar-refractivity contribution < 1.29 is 14.5 Å². The van der Waals surface area contributed by atoms with Crippen molar-refractivity contribution in [2.75, 3.05) is 32.5 Å². The second-order valence-corrected chi connectivity index (χ2v) is 7.46. The molecule has 1 atom stereocenters. The normalized spacial score (nSPS) is 11.8. The Morgan fingerprint density at radius 2 is 1.96 bits per heavy atom. The maximum Gasteiger partial charge on any atom is 0.279 e. The first-order chi connectivity index (χ1) is 11.8. The number of benzene rings is 1. The van der Waals surface area contributed by atoms with E-state index in [1.807, 2.05) is 23.9 Å². The molecule has 0 saturated heterocycles. The molecule has 1 unspecified atom stereocenters. The van der Waals surface area contributed by atoms with Gasteiger partial charge in [-0.2, -0.15) is 11.3 Å². The summed E-state index contributed by atoms with van der Waals surface area (Å²) in [4.78, 5) is 26.8. The van der Waals surface area contributed by atoms with Crippen LogP contribution >= 0.6 is 34.5 Å². The number of carbonyl (C=O) groups is 2. The minimum atomic E-state index is -0.191. The molecule has 0 aliphatic heterocycles. The van der Waals surface area contributed by atoms with Gasteiger partial charge in [-0.05, 0) is 40.6 Å². The maximum absolute atomic E-state index is 12.2. The van der Waals surface area contributed by atoms with E-state index >= 15 is 0 Å². The lowest BCUT2D eigenvalue weighted by Crippen LogP contribution is -3.11. The van der Waals surface area contributed by atoms with Gasteiger partial charge in [0.1, 0.15) is 0 Å². The predicted octanol–water partition coefficient (Wildman–Crippen LogP) is 2.17. The van der Waals surface area contributed by atoms with Gasteiger partial charge < -0.3 is 15.1 Å². The first-order valence-corrected chi connectivity index (χ1v) is 9.36. The number of nitrogens with zero attached hydrogens (tertiary/aromatic N) is 1. The maximum atomic E-state index is 12.2. The molecule has 0 radical (unpaired) electrons. The third-order valence-corrected chi connectivity index (χ3v) is 5.02. The molecule has 0 saturated carbocycles. The number of likely N-dealkylation sites (N-methyl/N-ethyl adjacent to an activating group) is 2. The fraction of sp³-hybridized carbons (Fsp3) is 0.294. The molecular weight excluding hydrogens is 381 g/mol. The highest BCUT2D eigenvalue weighted by molar-refractivity contribution is 7.07. The van der Waals surface area contributed by atoms with Crippen LogP contribution in [0.5, 0.6) is 0 Å². The fourth-order valence-corrected chi connectivity index (χ4v) is 3.21. The number of halogens is 2. The number of amides is 2. The average Bonchev–Trinajstić information content (AvgIpc) is 3.03. The van der Waals surface area contributed by atoms with Crippen LogP contribution in [0.4, 0.5) is 5.69 Å². The lowest BCUT2D eigenvalue weighted by atomic mass is 10.3. The van der Waals surface area contributed by atoms with Crippen LogP contribution in [-0.4, -0.2) is 43.9 Å². The largest absolute Gasteiger partial charge is 0.337 e. The van der Waals surface area contributed by atoms with Crippen molar-refractivity contribution in [3.05, 3.63) is 50.6 Å². The van der Waals surface area contributed by atoms with Gasteiger partial charge in [0, 0.05) is 19.3 Å². The number of hydrogen-bond donors (Lipinski definition) is 2. The van der Waals surface area contributed by atoms with Crippen LogP contribution in [-0.2, 0) is 16.1 Å². The van der Waals surface area contributed by atoms with Gasteiger partial charge in [-0.3, -0.25) is 9.59 Å². The Hall–Kier alpha value is -1.60. The first kappa shape index (κ1) is 19.7. The highest BCUT2D eigenvalue weighted by Gasteiger charge is 2.18. The van der Waals surface area contributed by atoms with Gasteiger partial charge in [-0.25, -0.2) is 0 Å². The molecule has 0 aliphatic carbocycles. The van der Waals surface area contributed by atoms with Crippen LogP contribution in [0.2, 0.25) is 10.0 Å². The SMILES string of the molecule is CN(Cc1ccsc1)C(=O)C[NH+](C)CC(=O)Nc1ccc(Cl)c(Cl)c1. The molecule has 1 aromatic carbocycles. The summed E-state index contributed by atoms with van der Waals surface area (Å²) in [6.45, 7) is 0.999. The van der Waals surface area contributed by atoms with Gasteiger partial charge in [-0.15, -0.1) is 0 Å². The smallest absolute Gasteiger partial charge is 0.279 e. The third kappa shape index (κ3) is 6.32. The van der Waals surface area contributed by atoms with Crippen LogP contribution in [0, 0.1) is 0 Å². The summed E-state index contributed by atoms with van der Waals surface area (Å²) in [5.74, 6) is -0.199. The molecule has 1 heterocycles. The van der Waals surface area contributed by atoms with Gasteiger partial charge in [0.2, 0.25) is 0 Å². The second-order valence-electron chi connectivity index (χ2n) is 5.87. The predicted molar refractivity (Wildman–Crippen MR) is 103 cm³/mol. The van der Waals surface area contributed by atoms with Crippen molar-refractivity contribution in [1.29, 1.82) is 0 Å². The van der Waals surface area contributed by atoms with Crippen LogP contribution < -0.4 is 10.2 Å². The van der Waals surface area contributed by atoms with E-state index in [1.54, 1.807) is 41.5 Å². The number of hydrogen-bond acceptors (Lipinski definition) is 3. The van der Waals surface area contributed by atoms with Gasteiger partial charge in [0.05, 0.1) is 17.1 Å². The molecule has 0 spiro atoms. The van der Waals surface area contributed by atoms with Crippen LogP contribution in [0.25, 0.3) is 0 Å². The van der Waals surface area contributed by atoms with Crippen LogP contribution in [0.1, 0.15) is 5.56 Å². The van der Waals surface area contributed by atoms with Gasteiger partial charge >= 0.3 is 0 Å². The quantitative estimate of drug-likeness (QED) is 0.747. The molecule has 2 rings (SSSR count). The number of carbonyl (C=O) groups excluding carboxylic acids is 2. The highest BCUT2D eigenvalue weighted by Crippen LogP contribution is 2.24. The van der Waals surface area contributed by atoms with E-state index in [0.29, 0.717) is 22.3 Å². The minimum Gasteiger partial charge on any atom is -0.337 e. The van der Waals surface area contributed by atoms with E-state index in [4.69, 9.17) is 23.2 Å². The van der Waals surface area contributed by atoms with Gasteiger partial charge in [0.25, 0.3) is 11.8 Å². The van der Waals surface area contributed by atoms with E-state index in [9.17, 15) is 9.59 Å². The zero-order valence-corrected chi connectivity index (χ0v) is 16.3. The summed E-state index contributed by atoms with van der Waals surface area (Å²) < 4.78 is 0. The lowest BCUT2D eigenvalue weighted by molar-refractivity contribution is -0.862. The molecular formula is C17H20Cl2N3O2S+. The summed E-state index contributed by atoms with van der Waals surface area (Å²) in [5.41, 5.74) is 1.68. The van der Waals surface area contributed by atoms with E-state index in [0.717, 1.165) is 10.5 Å². The molecule has 0 aliphatic rings. The van der Waals surface area contributed by atoms with Crippen molar-refractivity contribution in [1.82, 2.24) is 4.90 Å². The Kier molecular flexibility index (Phi) is 7.25. The zero-order chi connectivity index (χ0) is 18.4. The lowest BCUT2D eigenvalue weighted by Gasteiger charge is -2.19. The van der Waals surface area contributed by atoms with Crippen molar-refractivity contribution >= 4 is 52.0 Å². The number of thiophene rings is 1. The number of anilines is 1. The first-order valence-electron chi connectivity index (χ1n) is 7.66. The second kappa shape index (κ2) is 9.20.